The first-order valence-electron chi connectivity index (χ1n) is 6.94. The largest absolute Gasteiger partial charge is 0.285 e. The number of halogens is 2. The van der Waals surface area contributed by atoms with Gasteiger partial charge in [0.1, 0.15) is 0 Å². The summed E-state index contributed by atoms with van der Waals surface area (Å²) in [7, 11) is 0. The number of benzene rings is 2. The maximum absolute atomic E-state index is 6.23. The quantitative estimate of drug-likeness (QED) is 0.606. The van der Waals surface area contributed by atoms with Crippen LogP contribution in [0.15, 0.2) is 35.3 Å². The Morgan fingerprint density at radius 2 is 1.62 bits per heavy atom. The molecule has 0 radical (unpaired) electrons. The number of rotatable bonds is 3. The van der Waals surface area contributed by atoms with E-state index in [-0.39, 0.29) is 6.04 Å². The van der Waals surface area contributed by atoms with E-state index in [1.165, 1.54) is 22.3 Å². The molecule has 0 aliphatic rings. The van der Waals surface area contributed by atoms with E-state index < -0.39 is 0 Å². The van der Waals surface area contributed by atoms with Gasteiger partial charge in [-0.1, -0.05) is 47.0 Å². The molecule has 3 heteroatoms. The van der Waals surface area contributed by atoms with Crippen molar-refractivity contribution in [2.45, 2.75) is 33.7 Å². The average molecular weight is 320 g/mol. The number of aliphatic imine (C=N–C) groups is 1. The zero-order chi connectivity index (χ0) is 15.6. The van der Waals surface area contributed by atoms with Gasteiger partial charge >= 0.3 is 0 Å². The lowest BCUT2D eigenvalue weighted by atomic mass is 10.0. The highest BCUT2D eigenvalue weighted by Crippen LogP contribution is 2.28. The summed E-state index contributed by atoms with van der Waals surface area (Å²) in [6, 6.07) is 9.88. The Balaban J connectivity index is 2.29. The molecule has 21 heavy (non-hydrogen) atoms. The van der Waals surface area contributed by atoms with Gasteiger partial charge in [0, 0.05) is 16.3 Å². The molecule has 0 saturated heterocycles. The molecule has 0 bridgehead atoms. The standard InChI is InChI=1S/C18H19Cl2N/c1-11-7-12(2)17(13(3)8-11)10-21-14(4)16-6-5-15(19)9-18(16)20/h5-10,14H,1-4H3. The third-order valence-electron chi connectivity index (χ3n) is 3.58. The highest BCUT2D eigenvalue weighted by atomic mass is 35.5. The summed E-state index contributed by atoms with van der Waals surface area (Å²) in [5.41, 5.74) is 5.92. The summed E-state index contributed by atoms with van der Waals surface area (Å²) in [5, 5.41) is 1.30. The first kappa shape index (κ1) is 16.1. The fourth-order valence-electron chi connectivity index (χ4n) is 2.50. The molecule has 0 heterocycles. The molecule has 0 N–H and O–H groups in total. The molecule has 2 aromatic carbocycles. The zero-order valence-electron chi connectivity index (χ0n) is 12.7. The van der Waals surface area contributed by atoms with Crippen molar-refractivity contribution in [3.63, 3.8) is 0 Å². The monoisotopic (exact) mass is 319 g/mol. The van der Waals surface area contributed by atoms with E-state index in [1.54, 1.807) is 6.07 Å². The van der Waals surface area contributed by atoms with Gasteiger partial charge in [-0.05, 0) is 62.1 Å². The highest BCUT2D eigenvalue weighted by molar-refractivity contribution is 6.35. The van der Waals surface area contributed by atoms with Gasteiger partial charge in [-0.15, -0.1) is 0 Å². The van der Waals surface area contributed by atoms with Crippen LogP contribution in [0, 0.1) is 20.8 Å². The highest BCUT2D eigenvalue weighted by Gasteiger charge is 2.09. The first-order chi connectivity index (χ1) is 9.88. The Hall–Kier alpha value is -1.31. The maximum Gasteiger partial charge on any atom is 0.0735 e. The molecule has 110 valence electrons. The van der Waals surface area contributed by atoms with Crippen molar-refractivity contribution in [1.29, 1.82) is 0 Å². The summed E-state index contributed by atoms with van der Waals surface area (Å²) in [6.45, 7) is 8.37. The van der Waals surface area contributed by atoms with Crippen molar-refractivity contribution in [2.75, 3.05) is 0 Å². The fourth-order valence-corrected chi connectivity index (χ4v) is 3.07. The lowest BCUT2D eigenvalue weighted by Crippen LogP contribution is -1.97. The molecule has 0 saturated carbocycles. The van der Waals surface area contributed by atoms with Gasteiger partial charge in [0.2, 0.25) is 0 Å². The van der Waals surface area contributed by atoms with Crippen LogP contribution >= 0.6 is 23.2 Å². The molecule has 0 fully saturated rings. The Labute approximate surface area is 136 Å². The molecule has 0 aromatic heterocycles. The Morgan fingerprint density at radius 1 is 1.00 bits per heavy atom. The van der Waals surface area contributed by atoms with E-state index in [2.05, 4.69) is 37.9 Å². The van der Waals surface area contributed by atoms with Crippen LogP contribution in [0.25, 0.3) is 0 Å². The molecule has 0 amide bonds. The van der Waals surface area contributed by atoms with E-state index >= 15 is 0 Å². The number of aryl methyl sites for hydroxylation is 3. The van der Waals surface area contributed by atoms with Gasteiger partial charge in [-0.3, -0.25) is 4.99 Å². The second-order valence-electron chi connectivity index (χ2n) is 5.43. The molecule has 0 spiro atoms. The van der Waals surface area contributed by atoms with Crippen LogP contribution in [0.3, 0.4) is 0 Å². The smallest absolute Gasteiger partial charge is 0.0735 e. The second kappa shape index (κ2) is 6.64. The lowest BCUT2D eigenvalue weighted by molar-refractivity contribution is 0.825. The first-order valence-corrected chi connectivity index (χ1v) is 7.70. The van der Waals surface area contributed by atoms with Gasteiger partial charge in [-0.2, -0.15) is 0 Å². The molecular formula is C18H19Cl2N. The SMILES string of the molecule is Cc1cc(C)c(C=NC(C)c2ccc(Cl)cc2Cl)c(C)c1. The van der Waals surface area contributed by atoms with Crippen LogP contribution in [0.2, 0.25) is 10.0 Å². The van der Waals surface area contributed by atoms with Crippen molar-refractivity contribution in [1.82, 2.24) is 0 Å². The summed E-state index contributed by atoms with van der Waals surface area (Å²) >= 11 is 12.2. The summed E-state index contributed by atoms with van der Waals surface area (Å²) < 4.78 is 0. The van der Waals surface area contributed by atoms with Gasteiger partial charge in [0.25, 0.3) is 0 Å². The van der Waals surface area contributed by atoms with Gasteiger partial charge in [0.15, 0.2) is 0 Å². The fraction of sp³-hybridized carbons (Fsp3) is 0.278. The molecule has 2 rings (SSSR count). The van der Waals surface area contributed by atoms with Crippen LogP contribution in [-0.4, -0.2) is 6.21 Å². The van der Waals surface area contributed by atoms with E-state index in [0.717, 1.165) is 5.56 Å². The Morgan fingerprint density at radius 3 is 2.19 bits per heavy atom. The molecule has 1 unspecified atom stereocenters. The summed E-state index contributed by atoms with van der Waals surface area (Å²) in [6.07, 6.45) is 1.94. The van der Waals surface area contributed by atoms with Crippen molar-refractivity contribution in [3.05, 3.63) is 68.2 Å². The van der Waals surface area contributed by atoms with Crippen LogP contribution in [0.4, 0.5) is 0 Å². The molecule has 0 aliphatic carbocycles. The molecule has 0 aliphatic heterocycles. The van der Waals surface area contributed by atoms with Crippen LogP contribution in [-0.2, 0) is 0 Å². The predicted octanol–water partition coefficient (Wildman–Crippen LogP) is 6.10. The Bertz CT molecular complexity index is 667. The molecule has 1 nitrogen and oxygen atoms in total. The summed E-state index contributed by atoms with van der Waals surface area (Å²) in [4.78, 5) is 4.65. The Kier molecular flexibility index (Phi) is 5.08. The molecule has 2 aromatic rings. The van der Waals surface area contributed by atoms with E-state index in [0.29, 0.717) is 10.0 Å². The van der Waals surface area contributed by atoms with Gasteiger partial charge < -0.3 is 0 Å². The van der Waals surface area contributed by atoms with Crippen molar-refractivity contribution in [2.24, 2.45) is 4.99 Å². The van der Waals surface area contributed by atoms with Gasteiger partial charge in [0.05, 0.1) is 6.04 Å². The normalized spacial score (nSPS) is 12.9. The maximum atomic E-state index is 6.23. The van der Waals surface area contributed by atoms with Crippen molar-refractivity contribution in [3.8, 4) is 0 Å². The zero-order valence-corrected chi connectivity index (χ0v) is 14.3. The van der Waals surface area contributed by atoms with Crippen LogP contribution in [0.5, 0.6) is 0 Å². The minimum absolute atomic E-state index is 0.00475. The number of nitrogens with zero attached hydrogens (tertiary/aromatic N) is 1. The van der Waals surface area contributed by atoms with E-state index in [4.69, 9.17) is 23.2 Å². The second-order valence-corrected chi connectivity index (χ2v) is 6.28. The predicted molar refractivity (Wildman–Crippen MR) is 93.1 cm³/mol. The minimum Gasteiger partial charge on any atom is -0.285 e. The average Bonchev–Trinajstić information content (AvgIpc) is 2.36. The van der Waals surface area contributed by atoms with Crippen molar-refractivity contribution >= 4 is 29.4 Å². The molecular weight excluding hydrogens is 301 g/mol. The minimum atomic E-state index is -0.00475. The van der Waals surface area contributed by atoms with Crippen LogP contribution in [0.1, 0.15) is 40.8 Å². The topological polar surface area (TPSA) is 12.4 Å². The van der Waals surface area contributed by atoms with Crippen LogP contribution < -0.4 is 0 Å². The van der Waals surface area contributed by atoms with Gasteiger partial charge in [-0.25, -0.2) is 0 Å². The number of hydrogen-bond acceptors (Lipinski definition) is 1. The van der Waals surface area contributed by atoms with E-state index in [1.807, 2.05) is 25.3 Å². The molecule has 1 atom stereocenters. The lowest BCUT2D eigenvalue weighted by Gasteiger charge is -2.11. The third-order valence-corrected chi connectivity index (χ3v) is 4.14. The van der Waals surface area contributed by atoms with E-state index in [9.17, 15) is 0 Å². The van der Waals surface area contributed by atoms with Crippen molar-refractivity contribution < 1.29 is 0 Å². The third kappa shape index (κ3) is 3.87. The summed E-state index contributed by atoms with van der Waals surface area (Å²) in [5.74, 6) is 0. The number of hydrogen-bond donors (Lipinski definition) is 0.